The van der Waals surface area contributed by atoms with Crippen LogP contribution in [0.4, 0.5) is 0 Å². The van der Waals surface area contributed by atoms with Crippen molar-refractivity contribution in [2.24, 2.45) is 0 Å². The van der Waals surface area contributed by atoms with Gasteiger partial charge in [0.2, 0.25) is 0 Å². The summed E-state index contributed by atoms with van der Waals surface area (Å²) >= 11 is 5.42. The summed E-state index contributed by atoms with van der Waals surface area (Å²) in [6, 6.07) is 8.83. The predicted octanol–water partition coefficient (Wildman–Crippen LogP) is 3.90. The molecule has 2 aromatic rings. The van der Waals surface area contributed by atoms with E-state index in [0.717, 1.165) is 18.5 Å². The van der Waals surface area contributed by atoms with Crippen molar-refractivity contribution >= 4 is 27.3 Å². The maximum Gasteiger partial charge on any atom is 0.0946 e. The zero-order valence-electron chi connectivity index (χ0n) is 11.5. The van der Waals surface area contributed by atoms with Gasteiger partial charge in [0.15, 0.2) is 0 Å². The van der Waals surface area contributed by atoms with Gasteiger partial charge in [-0.1, -0.05) is 34.1 Å². The number of likely N-dealkylation sites (N-methyl/N-ethyl adjacent to an activating group) is 1. The van der Waals surface area contributed by atoms with Gasteiger partial charge in [0.1, 0.15) is 0 Å². The maximum absolute atomic E-state index is 4.63. The predicted molar refractivity (Wildman–Crippen MR) is 86.0 cm³/mol. The maximum atomic E-state index is 4.63. The van der Waals surface area contributed by atoms with E-state index < -0.39 is 0 Å². The number of thiazole rings is 1. The Morgan fingerprint density at radius 3 is 2.58 bits per heavy atom. The number of rotatable bonds is 5. The summed E-state index contributed by atoms with van der Waals surface area (Å²) in [5.74, 6) is 0. The SMILES string of the molecule is CNC(Cc1nc(C)c(C)s1)Cc1ccccc1Br. The number of nitrogens with zero attached hydrogens (tertiary/aromatic N) is 1. The Hall–Kier alpha value is -0.710. The van der Waals surface area contributed by atoms with Crippen molar-refractivity contribution in [3.05, 3.63) is 49.9 Å². The average molecular weight is 339 g/mol. The molecule has 0 fully saturated rings. The van der Waals surface area contributed by atoms with Crippen LogP contribution in [0.25, 0.3) is 0 Å². The monoisotopic (exact) mass is 338 g/mol. The van der Waals surface area contributed by atoms with Crippen LogP contribution in [0.1, 0.15) is 21.1 Å². The van der Waals surface area contributed by atoms with Crippen LogP contribution in [0, 0.1) is 13.8 Å². The zero-order valence-corrected chi connectivity index (χ0v) is 13.9. The Balaban J connectivity index is 2.07. The van der Waals surface area contributed by atoms with Gasteiger partial charge in [0.25, 0.3) is 0 Å². The normalized spacial score (nSPS) is 12.6. The average Bonchev–Trinajstić information content (AvgIpc) is 2.70. The molecule has 0 aliphatic rings. The van der Waals surface area contributed by atoms with E-state index >= 15 is 0 Å². The van der Waals surface area contributed by atoms with Crippen molar-refractivity contribution in [3.8, 4) is 0 Å². The van der Waals surface area contributed by atoms with Crippen LogP contribution in [0.5, 0.6) is 0 Å². The van der Waals surface area contributed by atoms with Gasteiger partial charge in [0, 0.05) is 21.8 Å². The molecule has 4 heteroatoms. The summed E-state index contributed by atoms with van der Waals surface area (Å²) in [4.78, 5) is 5.95. The molecule has 0 radical (unpaired) electrons. The van der Waals surface area contributed by atoms with E-state index in [-0.39, 0.29) is 0 Å². The first-order chi connectivity index (χ1) is 9.10. The van der Waals surface area contributed by atoms with Crippen molar-refractivity contribution in [1.82, 2.24) is 10.3 Å². The van der Waals surface area contributed by atoms with Crippen molar-refractivity contribution in [1.29, 1.82) is 0 Å². The summed E-state index contributed by atoms with van der Waals surface area (Å²) in [6.45, 7) is 4.22. The summed E-state index contributed by atoms with van der Waals surface area (Å²) in [5, 5.41) is 4.62. The number of halogens is 1. The van der Waals surface area contributed by atoms with Gasteiger partial charge in [-0.2, -0.15) is 0 Å². The molecule has 19 heavy (non-hydrogen) atoms. The first kappa shape index (κ1) is 14.7. The summed E-state index contributed by atoms with van der Waals surface area (Å²) in [6.07, 6.45) is 1.99. The number of nitrogens with one attached hydrogen (secondary N) is 1. The Labute approximate surface area is 127 Å². The number of aryl methyl sites for hydroxylation is 2. The first-order valence-electron chi connectivity index (χ1n) is 6.43. The molecule has 0 amide bonds. The molecule has 1 heterocycles. The highest BCUT2D eigenvalue weighted by Gasteiger charge is 2.13. The molecule has 0 saturated heterocycles. The molecule has 2 nitrogen and oxygen atoms in total. The molecule has 0 spiro atoms. The lowest BCUT2D eigenvalue weighted by atomic mass is 10.0. The van der Waals surface area contributed by atoms with Gasteiger partial charge in [0.05, 0.1) is 10.7 Å². The molecule has 1 aromatic heterocycles. The minimum Gasteiger partial charge on any atom is -0.316 e. The number of benzene rings is 1. The Bertz CT molecular complexity index is 531. The van der Waals surface area contributed by atoms with E-state index in [1.807, 2.05) is 18.4 Å². The molecule has 2 rings (SSSR count). The molecule has 0 aliphatic heterocycles. The fourth-order valence-electron chi connectivity index (χ4n) is 2.04. The van der Waals surface area contributed by atoms with E-state index in [1.165, 1.54) is 19.9 Å². The molecule has 0 saturated carbocycles. The van der Waals surface area contributed by atoms with Crippen molar-refractivity contribution in [2.75, 3.05) is 7.05 Å². The molecule has 1 aromatic carbocycles. The second-order valence-corrected chi connectivity index (χ2v) is 6.88. The number of hydrogen-bond donors (Lipinski definition) is 1. The van der Waals surface area contributed by atoms with E-state index in [1.54, 1.807) is 0 Å². The van der Waals surface area contributed by atoms with Gasteiger partial charge >= 0.3 is 0 Å². The standard InChI is InChI=1S/C15H19BrN2S/c1-10-11(2)19-15(18-10)9-13(17-3)8-12-6-4-5-7-14(12)16/h4-7,13,17H,8-9H2,1-3H3. The third kappa shape index (κ3) is 3.88. The van der Waals surface area contributed by atoms with Crippen LogP contribution in [0.15, 0.2) is 28.7 Å². The van der Waals surface area contributed by atoms with E-state index in [4.69, 9.17) is 0 Å². The summed E-state index contributed by atoms with van der Waals surface area (Å²) < 4.78 is 1.18. The lowest BCUT2D eigenvalue weighted by Crippen LogP contribution is -2.30. The smallest absolute Gasteiger partial charge is 0.0946 e. The first-order valence-corrected chi connectivity index (χ1v) is 8.04. The molecule has 102 valence electrons. The fourth-order valence-corrected chi connectivity index (χ4v) is 3.50. The van der Waals surface area contributed by atoms with Gasteiger partial charge < -0.3 is 5.32 Å². The lowest BCUT2D eigenvalue weighted by Gasteiger charge is -2.15. The van der Waals surface area contributed by atoms with Crippen molar-refractivity contribution in [3.63, 3.8) is 0 Å². The zero-order chi connectivity index (χ0) is 13.8. The van der Waals surface area contributed by atoms with Crippen LogP contribution in [-0.4, -0.2) is 18.1 Å². The Kier molecular flexibility index (Phi) is 5.13. The molecule has 0 aliphatic carbocycles. The summed E-state index contributed by atoms with van der Waals surface area (Å²) in [5.41, 5.74) is 2.50. The second-order valence-electron chi connectivity index (χ2n) is 4.73. The highest BCUT2D eigenvalue weighted by molar-refractivity contribution is 9.10. The molecular weight excluding hydrogens is 320 g/mol. The van der Waals surface area contributed by atoms with Crippen LogP contribution in [0.2, 0.25) is 0 Å². The van der Waals surface area contributed by atoms with Gasteiger partial charge in [-0.25, -0.2) is 4.98 Å². The molecule has 1 unspecified atom stereocenters. The number of hydrogen-bond acceptors (Lipinski definition) is 3. The Morgan fingerprint density at radius 1 is 1.26 bits per heavy atom. The quantitative estimate of drug-likeness (QED) is 0.894. The van der Waals surface area contributed by atoms with E-state index in [0.29, 0.717) is 6.04 Å². The van der Waals surface area contributed by atoms with Crippen LogP contribution in [0.3, 0.4) is 0 Å². The van der Waals surface area contributed by atoms with Gasteiger partial charge in [-0.05, 0) is 38.9 Å². The highest BCUT2D eigenvalue weighted by Crippen LogP contribution is 2.21. The molecule has 1 atom stereocenters. The van der Waals surface area contributed by atoms with Crippen LogP contribution < -0.4 is 5.32 Å². The van der Waals surface area contributed by atoms with Gasteiger partial charge in [-0.3, -0.25) is 0 Å². The third-order valence-electron chi connectivity index (χ3n) is 3.33. The molecule has 1 N–H and O–H groups in total. The second kappa shape index (κ2) is 6.64. The van der Waals surface area contributed by atoms with Gasteiger partial charge in [-0.15, -0.1) is 11.3 Å². The topological polar surface area (TPSA) is 24.9 Å². The van der Waals surface area contributed by atoms with Crippen molar-refractivity contribution < 1.29 is 0 Å². The van der Waals surface area contributed by atoms with E-state index in [9.17, 15) is 0 Å². The van der Waals surface area contributed by atoms with E-state index in [2.05, 4.69) is 64.3 Å². The third-order valence-corrected chi connectivity index (χ3v) is 5.20. The largest absolute Gasteiger partial charge is 0.316 e. The Morgan fingerprint density at radius 2 is 2.00 bits per heavy atom. The van der Waals surface area contributed by atoms with Crippen LogP contribution >= 0.6 is 27.3 Å². The van der Waals surface area contributed by atoms with Crippen molar-refractivity contribution in [2.45, 2.75) is 32.7 Å². The minimum atomic E-state index is 0.420. The molecule has 0 bridgehead atoms. The summed E-state index contributed by atoms with van der Waals surface area (Å²) in [7, 11) is 2.02. The fraction of sp³-hybridized carbons (Fsp3) is 0.400. The number of aromatic nitrogens is 1. The lowest BCUT2D eigenvalue weighted by molar-refractivity contribution is 0.554. The van der Waals surface area contributed by atoms with Crippen LogP contribution in [-0.2, 0) is 12.8 Å². The molecular formula is C15H19BrN2S. The highest BCUT2D eigenvalue weighted by atomic mass is 79.9. The minimum absolute atomic E-state index is 0.420.